The van der Waals surface area contributed by atoms with E-state index in [9.17, 15) is 4.79 Å². The maximum atomic E-state index is 11.3. The first-order chi connectivity index (χ1) is 9.83. The van der Waals surface area contributed by atoms with Crippen LogP contribution >= 0.6 is 0 Å². The highest BCUT2D eigenvalue weighted by molar-refractivity contribution is 5.66. The molecule has 0 spiro atoms. The third-order valence-electron chi connectivity index (χ3n) is 7.23. The van der Waals surface area contributed by atoms with Gasteiger partial charge in [0.1, 0.15) is 6.10 Å². The number of hydrogen-bond acceptors (Lipinski definition) is 2. The Morgan fingerprint density at radius 3 is 2.48 bits per heavy atom. The lowest BCUT2D eigenvalue weighted by Gasteiger charge is -2.61. The number of rotatable bonds is 1. The van der Waals surface area contributed by atoms with E-state index in [0.29, 0.717) is 10.8 Å². The molecule has 0 saturated heterocycles. The van der Waals surface area contributed by atoms with E-state index in [-0.39, 0.29) is 12.1 Å². The molecule has 0 N–H and O–H groups in total. The summed E-state index contributed by atoms with van der Waals surface area (Å²) < 4.78 is 5.58. The standard InChI is InChI=1S/C19H32O2/c1-13(20)21-15-8-6-14-7-9-17-18(2,3)10-5-11-19(17,4)16(14)12-15/h14-17H,5-12H2,1-4H3/t14-,15+,16+,17+,19-/m1/s1. The Morgan fingerprint density at radius 1 is 1.05 bits per heavy atom. The Hall–Kier alpha value is -0.530. The van der Waals surface area contributed by atoms with E-state index in [1.54, 1.807) is 6.92 Å². The largest absolute Gasteiger partial charge is 0.463 e. The molecule has 21 heavy (non-hydrogen) atoms. The van der Waals surface area contributed by atoms with Crippen LogP contribution in [0.2, 0.25) is 0 Å². The fourth-order valence-corrected chi connectivity index (χ4v) is 6.40. The van der Waals surface area contributed by atoms with Crippen LogP contribution in [0.15, 0.2) is 0 Å². The number of fused-ring (bicyclic) bond motifs is 3. The highest BCUT2D eigenvalue weighted by Gasteiger charge is 2.55. The molecule has 0 aromatic heterocycles. The van der Waals surface area contributed by atoms with E-state index in [2.05, 4.69) is 20.8 Å². The fraction of sp³-hybridized carbons (Fsp3) is 0.947. The van der Waals surface area contributed by atoms with Crippen molar-refractivity contribution < 1.29 is 9.53 Å². The second kappa shape index (κ2) is 5.28. The molecule has 120 valence electrons. The smallest absolute Gasteiger partial charge is 0.302 e. The van der Waals surface area contributed by atoms with E-state index in [0.717, 1.165) is 30.6 Å². The molecule has 2 nitrogen and oxygen atoms in total. The van der Waals surface area contributed by atoms with Gasteiger partial charge in [0.15, 0.2) is 0 Å². The molecule has 3 saturated carbocycles. The van der Waals surface area contributed by atoms with Crippen molar-refractivity contribution in [3.8, 4) is 0 Å². The first kappa shape index (κ1) is 15.4. The van der Waals surface area contributed by atoms with Crippen LogP contribution in [0.1, 0.15) is 79.1 Å². The van der Waals surface area contributed by atoms with Crippen LogP contribution in [0.25, 0.3) is 0 Å². The molecular weight excluding hydrogens is 260 g/mol. The molecule has 2 heteroatoms. The average Bonchev–Trinajstić information content (AvgIpc) is 2.37. The first-order valence-electron chi connectivity index (χ1n) is 9.00. The molecule has 5 atom stereocenters. The molecule has 0 radical (unpaired) electrons. The lowest BCUT2D eigenvalue weighted by Crippen LogP contribution is -2.53. The van der Waals surface area contributed by atoms with Crippen molar-refractivity contribution >= 4 is 5.97 Å². The third-order valence-corrected chi connectivity index (χ3v) is 7.23. The summed E-state index contributed by atoms with van der Waals surface area (Å²) in [5.41, 5.74) is 0.968. The van der Waals surface area contributed by atoms with Crippen LogP contribution in [0, 0.1) is 28.6 Å². The van der Waals surface area contributed by atoms with E-state index < -0.39 is 0 Å². The molecule has 0 aromatic rings. The van der Waals surface area contributed by atoms with Crippen molar-refractivity contribution in [2.24, 2.45) is 28.6 Å². The highest BCUT2D eigenvalue weighted by atomic mass is 16.5. The molecule has 3 rings (SSSR count). The van der Waals surface area contributed by atoms with Gasteiger partial charge in [-0.15, -0.1) is 0 Å². The normalized spacial score (nSPS) is 45.3. The van der Waals surface area contributed by atoms with E-state index in [4.69, 9.17) is 4.74 Å². The first-order valence-corrected chi connectivity index (χ1v) is 9.00. The van der Waals surface area contributed by atoms with Gasteiger partial charge in [-0.3, -0.25) is 4.79 Å². The van der Waals surface area contributed by atoms with Gasteiger partial charge in [-0.2, -0.15) is 0 Å². The van der Waals surface area contributed by atoms with Crippen LogP contribution in [-0.2, 0) is 9.53 Å². The van der Waals surface area contributed by atoms with Crippen molar-refractivity contribution in [3.63, 3.8) is 0 Å². The van der Waals surface area contributed by atoms with Gasteiger partial charge >= 0.3 is 5.97 Å². The van der Waals surface area contributed by atoms with Crippen LogP contribution < -0.4 is 0 Å². The number of hydrogen-bond donors (Lipinski definition) is 0. The second-order valence-corrected chi connectivity index (χ2v) is 8.89. The van der Waals surface area contributed by atoms with Crippen LogP contribution in [0.5, 0.6) is 0 Å². The molecule has 3 aliphatic carbocycles. The summed E-state index contributed by atoms with van der Waals surface area (Å²) in [5, 5.41) is 0. The quantitative estimate of drug-likeness (QED) is 0.638. The summed E-state index contributed by atoms with van der Waals surface area (Å²) in [5.74, 6) is 2.41. The Balaban J connectivity index is 1.82. The topological polar surface area (TPSA) is 26.3 Å². The van der Waals surface area contributed by atoms with Gasteiger partial charge in [0, 0.05) is 6.92 Å². The summed E-state index contributed by atoms with van der Waals surface area (Å²) in [7, 11) is 0. The van der Waals surface area contributed by atoms with Gasteiger partial charge in [0.05, 0.1) is 0 Å². The van der Waals surface area contributed by atoms with E-state index in [1.165, 1.54) is 38.5 Å². The van der Waals surface area contributed by atoms with Gasteiger partial charge < -0.3 is 4.74 Å². The monoisotopic (exact) mass is 292 g/mol. The van der Waals surface area contributed by atoms with Crippen molar-refractivity contribution in [2.45, 2.75) is 85.2 Å². The Labute approximate surface area is 130 Å². The van der Waals surface area contributed by atoms with Crippen molar-refractivity contribution in [1.29, 1.82) is 0 Å². The molecule has 0 bridgehead atoms. The van der Waals surface area contributed by atoms with Crippen molar-refractivity contribution in [3.05, 3.63) is 0 Å². The van der Waals surface area contributed by atoms with Gasteiger partial charge in [0.2, 0.25) is 0 Å². The SMILES string of the molecule is CC(=O)O[C@H]1CC[C@@H]2CC[C@H]3C(C)(C)CCC[C@]3(C)[C@H]2C1. The predicted octanol–water partition coefficient (Wildman–Crippen LogP) is 4.96. The lowest BCUT2D eigenvalue weighted by atomic mass is 9.44. The average molecular weight is 292 g/mol. The zero-order valence-electron chi connectivity index (χ0n) is 14.3. The summed E-state index contributed by atoms with van der Waals surface area (Å²) in [6.07, 6.45) is 10.6. The lowest BCUT2D eigenvalue weighted by molar-refractivity contribution is -0.159. The highest BCUT2D eigenvalue weighted by Crippen LogP contribution is 2.63. The van der Waals surface area contributed by atoms with E-state index >= 15 is 0 Å². The number of ether oxygens (including phenoxy) is 1. The van der Waals surface area contributed by atoms with Gasteiger partial charge in [-0.1, -0.05) is 27.2 Å². The maximum Gasteiger partial charge on any atom is 0.302 e. The summed E-state index contributed by atoms with van der Waals surface area (Å²) in [4.78, 5) is 11.3. The molecule has 0 heterocycles. The molecule has 0 unspecified atom stereocenters. The van der Waals surface area contributed by atoms with Crippen molar-refractivity contribution in [2.75, 3.05) is 0 Å². The van der Waals surface area contributed by atoms with Gasteiger partial charge in [-0.05, 0) is 73.5 Å². The third kappa shape index (κ3) is 2.64. The summed E-state index contributed by atoms with van der Waals surface area (Å²) in [6, 6.07) is 0. The zero-order chi connectivity index (χ0) is 15.3. The summed E-state index contributed by atoms with van der Waals surface area (Å²) >= 11 is 0. The Bertz CT molecular complexity index is 414. The molecule has 0 aliphatic heterocycles. The maximum absolute atomic E-state index is 11.3. The van der Waals surface area contributed by atoms with Gasteiger partial charge in [-0.25, -0.2) is 0 Å². The van der Waals surface area contributed by atoms with Crippen LogP contribution in [0.3, 0.4) is 0 Å². The fourth-order valence-electron chi connectivity index (χ4n) is 6.40. The van der Waals surface area contributed by atoms with Crippen LogP contribution in [-0.4, -0.2) is 12.1 Å². The zero-order valence-corrected chi connectivity index (χ0v) is 14.3. The number of esters is 1. The Morgan fingerprint density at radius 2 is 1.76 bits per heavy atom. The minimum Gasteiger partial charge on any atom is -0.463 e. The summed E-state index contributed by atoms with van der Waals surface area (Å²) in [6.45, 7) is 9.09. The molecule has 3 fully saturated rings. The molecular formula is C19H32O2. The molecule has 0 aromatic carbocycles. The number of carbonyl (C=O) groups is 1. The number of carbonyl (C=O) groups excluding carboxylic acids is 1. The minimum atomic E-state index is -0.0973. The van der Waals surface area contributed by atoms with Crippen molar-refractivity contribution in [1.82, 2.24) is 0 Å². The Kier molecular flexibility index (Phi) is 3.86. The molecule has 0 amide bonds. The second-order valence-electron chi connectivity index (χ2n) is 8.89. The van der Waals surface area contributed by atoms with Gasteiger partial charge in [0.25, 0.3) is 0 Å². The molecule has 3 aliphatic rings. The van der Waals surface area contributed by atoms with E-state index in [1.807, 2.05) is 0 Å². The predicted molar refractivity (Wildman–Crippen MR) is 84.8 cm³/mol. The minimum absolute atomic E-state index is 0.0973. The van der Waals surface area contributed by atoms with Crippen LogP contribution in [0.4, 0.5) is 0 Å².